The van der Waals surface area contributed by atoms with E-state index < -0.39 is 47.4 Å². The molecule has 0 radical (unpaired) electrons. The summed E-state index contributed by atoms with van der Waals surface area (Å²) in [4.78, 5) is 71.4. The van der Waals surface area contributed by atoms with Crippen molar-refractivity contribution in [3.8, 4) is 0 Å². The van der Waals surface area contributed by atoms with Gasteiger partial charge >= 0.3 is 12.1 Å². The van der Waals surface area contributed by atoms with E-state index in [-0.39, 0.29) is 34.3 Å². The number of anilines is 1. The molecule has 3 amide bonds. The maximum Gasteiger partial charge on any atom is 0.511 e. The largest absolute Gasteiger partial charge is 0.511 e. The Morgan fingerprint density at radius 2 is 1.98 bits per heavy atom. The second-order valence-corrected chi connectivity index (χ2v) is 12.6. The maximum absolute atomic E-state index is 13.5. The molecule has 1 aromatic rings. The minimum absolute atomic E-state index is 0.0349. The van der Waals surface area contributed by atoms with Gasteiger partial charge < -0.3 is 35.4 Å². The fourth-order valence-corrected chi connectivity index (χ4v) is 7.21. The van der Waals surface area contributed by atoms with Crippen molar-refractivity contribution in [2.75, 3.05) is 25.1 Å². The first kappa shape index (κ1) is 31.3. The lowest BCUT2D eigenvalue weighted by atomic mass is 9.98. The molecule has 236 valence electrons. The highest BCUT2D eigenvalue weighted by Gasteiger charge is 2.55. The normalized spacial score (nSPS) is 24.1. The lowest BCUT2D eigenvalue weighted by Gasteiger charge is -2.49. The van der Waals surface area contributed by atoms with Crippen LogP contribution < -0.4 is 11.1 Å². The number of nitrogens with zero attached hydrogens (tertiary/aromatic N) is 4. The zero-order valence-electron chi connectivity index (χ0n) is 24.0. The first-order chi connectivity index (χ1) is 21.1. The quantitative estimate of drug-likeness (QED) is 0.0702. The molecular weight excluding hydrogens is 616 g/mol. The predicted octanol–water partition coefficient (Wildman–Crippen LogP) is 1.72. The van der Waals surface area contributed by atoms with Crippen LogP contribution in [0.3, 0.4) is 0 Å². The van der Waals surface area contributed by atoms with Crippen molar-refractivity contribution in [1.29, 1.82) is 0 Å². The summed E-state index contributed by atoms with van der Waals surface area (Å²) in [6.07, 6.45) is 3.93. The van der Waals surface area contributed by atoms with Crippen molar-refractivity contribution in [3.05, 3.63) is 34.0 Å². The molecular formula is C27H32N6O9S2. The van der Waals surface area contributed by atoms with Gasteiger partial charge in [-0.15, -0.1) is 23.1 Å². The number of β-lactam (4-membered cyclic amide) rings is 1. The predicted molar refractivity (Wildman–Crippen MR) is 157 cm³/mol. The first-order valence-electron chi connectivity index (χ1n) is 14.0. The number of allylic oxidation sites excluding steroid dienone is 1. The number of nitrogens with two attached hydrogens (primary N) is 1. The minimum atomic E-state index is -1.34. The van der Waals surface area contributed by atoms with E-state index in [4.69, 9.17) is 19.9 Å². The molecule has 1 aliphatic carbocycles. The third kappa shape index (κ3) is 6.52. The summed E-state index contributed by atoms with van der Waals surface area (Å²) in [5.41, 5.74) is 5.94. The number of ether oxygens (including phenoxy) is 3. The van der Waals surface area contributed by atoms with E-state index in [2.05, 4.69) is 15.5 Å². The molecule has 4 aliphatic rings. The number of esters is 1. The zero-order valence-corrected chi connectivity index (χ0v) is 25.6. The number of aromatic nitrogens is 1. The van der Waals surface area contributed by atoms with Crippen molar-refractivity contribution in [2.45, 2.75) is 69.3 Å². The summed E-state index contributed by atoms with van der Waals surface area (Å²) in [6.45, 7) is 1.86. The Morgan fingerprint density at radius 3 is 2.61 bits per heavy atom. The summed E-state index contributed by atoms with van der Waals surface area (Å²) >= 11 is 2.31. The van der Waals surface area contributed by atoms with Crippen molar-refractivity contribution in [2.24, 2.45) is 5.16 Å². The molecule has 4 heterocycles. The number of likely N-dealkylation sites (N-methyl/N-ethyl adjacent to an activating group) is 1. The van der Waals surface area contributed by atoms with Gasteiger partial charge in [0.05, 0.1) is 0 Å². The number of thiazole rings is 1. The Bertz CT molecular complexity index is 1450. The average molecular weight is 649 g/mol. The van der Waals surface area contributed by atoms with Crippen molar-refractivity contribution in [1.82, 2.24) is 20.1 Å². The third-order valence-electron chi connectivity index (χ3n) is 7.59. The molecule has 3 aliphatic heterocycles. The van der Waals surface area contributed by atoms with Crippen molar-refractivity contribution < 1.29 is 43.4 Å². The van der Waals surface area contributed by atoms with Crippen LogP contribution in [0.4, 0.5) is 9.93 Å². The molecule has 1 saturated carbocycles. The van der Waals surface area contributed by atoms with Crippen LogP contribution in [0.1, 0.15) is 51.1 Å². The lowest BCUT2D eigenvalue weighted by Crippen LogP contribution is -2.71. The van der Waals surface area contributed by atoms with Gasteiger partial charge in [0, 0.05) is 37.2 Å². The smallest absolute Gasteiger partial charge is 0.431 e. The standard InChI is InChI=1S/C27H32N6O9S2/c1-13(41-27(38)42-16-6-4-3-5-7-16)40-25(37)20-15(10-14-8-9-32(2)22(14)35)11-43-24-19(23(36)33(20)24)30-21(34)18(31-39)17-12-44-26(28)29-17/h10,12-13,16,19,24,39H,3-9,11H2,1-2H3,(H2,28,29)(H,30,34). The maximum atomic E-state index is 13.5. The number of carbonyl (C=O) groups is 5. The van der Waals surface area contributed by atoms with Crippen LogP contribution in [0.2, 0.25) is 0 Å². The van der Waals surface area contributed by atoms with E-state index in [9.17, 15) is 29.2 Å². The Labute approximate surface area is 260 Å². The van der Waals surface area contributed by atoms with Gasteiger partial charge in [0.25, 0.3) is 11.8 Å². The highest BCUT2D eigenvalue weighted by Crippen LogP contribution is 2.42. The third-order valence-corrected chi connectivity index (χ3v) is 9.57. The Kier molecular flexibility index (Phi) is 9.43. The van der Waals surface area contributed by atoms with Gasteiger partial charge in [-0.1, -0.05) is 11.6 Å². The van der Waals surface area contributed by atoms with E-state index in [1.54, 1.807) is 18.0 Å². The summed E-state index contributed by atoms with van der Waals surface area (Å²) in [7, 11) is 1.67. The van der Waals surface area contributed by atoms with E-state index in [0.29, 0.717) is 24.1 Å². The van der Waals surface area contributed by atoms with Gasteiger partial charge in [0.1, 0.15) is 28.9 Å². The number of fused-ring (bicyclic) bond motifs is 1. The second-order valence-electron chi connectivity index (χ2n) is 10.6. The molecule has 0 bridgehead atoms. The topological polar surface area (TPSA) is 203 Å². The van der Waals surface area contributed by atoms with Crippen LogP contribution in [0, 0.1) is 0 Å². The molecule has 4 N–H and O–H groups in total. The van der Waals surface area contributed by atoms with Gasteiger partial charge in [-0.25, -0.2) is 14.6 Å². The number of nitrogen functional groups attached to an aromatic ring is 1. The molecule has 15 nitrogen and oxygen atoms in total. The fraction of sp³-hybridized carbons (Fsp3) is 0.519. The van der Waals surface area contributed by atoms with E-state index in [1.165, 1.54) is 29.0 Å². The summed E-state index contributed by atoms with van der Waals surface area (Å²) < 4.78 is 15.9. The SMILES string of the molecule is CC(OC(=O)OC1CCCCC1)OC(=O)C1=C(C=C2CCN(C)C2=O)CSC2C(NC(=O)C(=NO)c3csc(N)n3)C(=O)N12. The van der Waals surface area contributed by atoms with Crippen molar-refractivity contribution >= 4 is 63.8 Å². The number of hydrogen-bond donors (Lipinski definition) is 3. The highest BCUT2D eigenvalue weighted by molar-refractivity contribution is 8.00. The molecule has 3 fully saturated rings. The van der Waals surface area contributed by atoms with E-state index >= 15 is 0 Å². The van der Waals surface area contributed by atoms with Gasteiger partial charge in [0.15, 0.2) is 10.8 Å². The van der Waals surface area contributed by atoms with Gasteiger partial charge in [-0.2, -0.15) is 0 Å². The average Bonchev–Trinajstić information content (AvgIpc) is 3.56. The van der Waals surface area contributed by atoms with Gasteiger partial charge in [-0.3, -0.25) is 19.3 Å². The Morgan fingerprint density at radius 1 is 1.23 bits per heavy atom. The number of hydrogen-bond acceptors (Lipinski definition) is 14. The van der Waals surface area contributed by atoms with E-state index in [0.717, 1.165) is 43.4 Å². The number of nitrogens with one attached hydrogen (secondary N) is 1. The monoisotopic (exact) mass is 648 g/mol. The molecule has 17 heteroatoms. The van der Waals surface area contributed by atoms with Crippen LogP contribution in [0.15, 0.2) is 33.5 Å². The molecule has 1 aromatic heterocycles. The van der Waals surface area contributed by atoms with Crippen LogP contribution in [0.25, 0.3) is 0 Å². The summed E-state index contributed by atoms with van der Waals surface area (Å²) in [6, 6.07) is -1.07. The number of thioether (sulfide) groups is 1. The molecule has 2 saturated heterocycles. The fourth-order valence-electron chi connectivity index (χ4n) is 5.36. The van der Waals surface area contributed by atoms with Crippen molar-refractivity contribution in [3.63, 3.8) is 0 Å². The number of oxime groups is 1. The minimum Gasteiger partial charge on any atom is -0.431 e. The summed E-state index contributed by atoms with van der Waals surface area (Å²) in [5.74, 6) is -2.44. The van der Waals surface area contributed by atoms with E-state index in [1.807, 2.05) is 0 Å². The van der Waals surface area contributed by atoms with Crippen LogP contribution in [-0.2, 0) is 33.4 Å². The number of amides is 3. The molecule has 5 rings (SSSR count). The second kappa shape index (κ2) is 13.3. The Hall–Kier alpha value is -4.12. The summed E-state index contributed by atoms with van der Waals surface area (Å²) in [5, 5.41) is 15.8. The lowest BCUT2D eigenvalue weighted by molar-refractivity contribution is -0.169. The number of rotatable bonds is 8. The molecule has 3 unspecified atom stereocenters. The number of carbonyl (C=O) groups excluding carboxylic acids is 5. The molecule has 0 spiro atoms. The van der Waals surface area contributed by atoms with Crippen LogP contribution in [0.5, 0.6) is 0 Å². The highest BCUT2D eigenvalue weighted by atomic mass is 32.2. The van der Waals surface area contributed by atoms with Gasteiger partial charge in [0.2, 0.25) is 12.2 Å². The molecule has 44 heavy (non-hydrogen) atoms. The molecule has 3 atom stereocenters. The van der Waals surface area contributed by atoms with Crippen LogP contribution >= 0.6 is 23.1 Å². The zero-order chi connectivity index (χ0) is 31.5. The van der Waals surface area contributed by atoms with Gasteiger partial charge in [-0.05, 0) is 43.8 Å². The first-order valence-corrected chi connectivity index (χ1v) is 16.0. The molecule has 0 aromatic carbocycles. The Balaban J connectivity index is 1.32. The van der Waals surface area contributed by atoms with Crippen LogP contribution in [-0.4, -0.2) is 98.7 Å². The number of likely N-dealkylation sites (tertiary alicyclic amines) is 1.